The molecule has 0 aromatic heterocycles. The fourth-order valence-electron chi connectivity index (χ4n) is 3.36. The van der Waals surface area contributed by atoms with Crippen molar-refractivity contribution in [2.75, 3.05) is 0 Å². The van der Waals surface area contributed by atoms with Gasteiger partial charge in [0, 0.05) is 0 Å². The number of hydrogen-bond donors (Lipinski definition) is 0. The lowest BCUT2D eigenvalue weighted by Gasteiger charge is -2.40. The third-order valence-corrected chi connectivity index (χ3v) is 4.14. The smallest absolute Gasteiger partial charge is 0.0383 e. The second kappa shape index (κ2) is 3.40. The first kappa shape index (κ1) is 8.59. The second-order valence-electron chi connectivity index (χ2n) is 5.36. The lowest BCUT2D eigenvalue weighted by Crippen LogP contribution is -2.29. The maximum absolute atomic E-state index is 2.44. The molecule has 12 heavy (non-hydrogen) atoms. The predicted octanol–water partition coefficient (Wildman–Crippen LogP) is 3.86. The normalized spacial score (nSPS) is 48.5. The molecule has 2 aliphatic carbocycles. The van der Waals surface area contributed by atoms with Crippen LogP contribution in [0, 0.1) is 23.7 Å². The van der Waals surface area contributed by atoms with Gasteiger partial charge in [0.15, 0.2) is 0 Å². The summed E-state index contributed by atoms with van der Waals surface area (Å²) in [7, 11) is 0. The Labute approximate surface area is 76.7 Å². The fourth-order valence-corrected chi connectivity index (χ4v) is 3.36. The standard InChI is InChI=1S/C12H22/c1-9-3-5-12-8-10(2)4-6-11(12)7-9/h9-12H,3-8H2,1-2H3/t9-,10?,11?,12-/m1/s1. The van der Waals surface area contributed by atoms with Crippen LogP contribution < -0.4 is 0 Å². The van der Waals surface area contributed by atoms with Gasteiger partial charge in [-0.25, -0.2) is 0 Å². The molecule has 0 N–H and O–H groups in total. The van der Waals surface area contributed by atoms with Crippen molar-refractivity contribution in [3.05, 3.63) is 0 Å². The Bertz CT molecular complexity index is 132. The number of rotatable bonds is 0. The summed E-state index contributed by atoms with van der Waals surface area (Å²) >= 11 is 0. The van der Waals surface area contributed by atoms with Gasteiger partial charge in [-0.05, 0) is 49.4 Å². The molecule has 2 saturated carbocycles. The van der Waals surface area contributed by atoms with Gasteiger partial charge in [-0.3, -0.25) is 0 Å². The molecular formula is C12H22. The Hall–Kier alpha value is 0. The van der Waals surface area contributed by atoms with E-state index in [0.717, 1.165) is 23.7 Å². The summed E-state index contributed by atoms with van der Waals surface area (Å²) in [6.45, 7) is 4.88. The number of hydrogen-bond acceptors (Lipinski definition) is 0. The van der Waals surface area contributed by atoms with Crippen molar-refractivity contribution >= 4 is 0 Å². The SMILES string of the molecule is CC1CCC2C[C@H](C)CC[C@@H]2C1. The van der Waals surface area contributed by atoms with Gasteiger partial charge < -0.3 is 0 Å². The van der Waals surface area contributed by atoms with Crippen molar-refractivity contribution < 1.29 is 0 Å². The van der Waals surface area contributed by atoms with Gasteiger partial charge in [0.1, 0.15) is 0 Å². The van der Waals surface area contributed by atoms with Crippen molar-refractivity contribution in [3.8, 4) is 0 Å². The zero-order chi connectivity index (χ0) is 8.55. The molecule has 2 unspecified atom stereocenters. The van der Waals surface area contributed by atoms with Crippen LogP contribution in [0.3, 0.4) is 0 Å². The number of fused-ring (bicyclic) bond motifs is 1. The van der Waals surface area contributed by atoms with Crippen molar-refractivity contribution in [3.63, 3.8) is 0 Å². The summed E-state index contributed by atoms with van der Waals surface area (Å²) < 4.78 is 0. The second-order valence-corrected chi connectivity index (χ2v) is 5.36. The average Bonchev–Trinajstić information content (AvgIpc) is 2.05. The van der Waals surface area contributed by atoms with E-state index in [0.29, 0.717) is 0 Å². The lowest BCUT2D eigenvalue weighted by atomic mass is 9.65. The van der Waals surface area contributed by atoms with Crippen molar-refractivity contribution in [2.24, 2.45) is 23.7 Å². The highest BCUT2D eigenvalue weighted by Gasteiger charge is 2.32. The molecule has 0 radical (unpaired) electrons. The summed E-state index contributed by atoms with van der Waals surface area (Å²) in [5.41, 5.74) is 0. The van der Waals surface area contributed by atoms with Crippen molar-refractivity contribution in [2.45, 2.75) is 52.4 Å². The van der Waals surface area contributed by atoms with Crippen LogP contribution in [0.15, 0.2) is 0 Å². The summed E-state index contributed by atoms with van der Waals surface area (Å²) in [6, 6.07) is 0. The third-order valence-electron chi connectivity index (χ3n) is 4.14. The summed E-state index contributed by atoms with van der Waals surface area (Å²) in [6.07, 6.45) is 9.17. The summed E-state index contributed by atoms with van der Waals surface area (Å²) in [4.78, 5) is 0. The first-order chi connectivity index (χ1) is 5.75. The molecule has 4 atom stereocenters. The first-order valence-electron chi connectivity index (χ1n) is 5.75. The summed E-state index contributed by atoms with van der Waals surface area (Å²) in [5, 5.41) is 0. The van der Waals surface area contributed by atoms with E-state index >= 15 is 0 Å². The molecule has 0 heterocycles. The van der Waals surface area contributed by atoms with Crippen LogP contribution in [0.4, 0.5) is 0 Å². The molecule has 70 valence electrons. The first-order valence-corrected chi connectivity index (χ1v) is 5.75. The van der Waals surface area contributed by atoms with Crippen LogP contribution in [0.5, 0.6) is 0 Å². The highest BCUT2D eigenvalue weighted by atomic mass is 14.4. The highest BCUT2D eigenvalue weighted by molar-refractivity contribution is 4.83. The van der Waals surface area contributed by atoms with Gasteiger partial charge >= 0.3 is 0 Å². The van der Waals surface area contributed by atoms with Crippen LogP contribution in [-0.4, -0.2) is 0 Å². The van der Waals surface area contributed by atoms with E-state index in [1.165, 1.54) is 38.5 Å². The van der Waals surface area contributed by atoms with Crippen LogP contribution in [-0.2, 0) is 0 Å². The molecule has 0 heteroatoms. The lowest BCUT2D eigenvalue weighted by molar-refractivity contribution is 0.109. The molecule has 2 aliphatic rings. The van der Waals surface area contributed by atoms with Crippen LogP contribution in [0.2, 0.25) is 0 Å². The molecule has 0 bridgehead atoms. The zero-order valence-electron chi connectivity index (χ0n) is 8.55. The van der Waals surface area contributed by atoms with E-state index in [-0.39, 0.29) is 0 Å². The van der Waals surface area contributed by atoms with E-state index < -0.39 is 0 Å². The molecule has 0 aromatic carbocycles. The van der Waals surface area contributed by atoms with Crippen LogP contribution in [0.25, 0.3) is 0 Å². The van der Waals surface area contributed by atoms with Crippen LogP contribution in [0.1, 0.15) is 52.4 Å². The van der Waals surface area contributed by atoms with Gasteiger partial charge in [-0.2, -0.15) is 0 Å². The molecular weight excluding hydrogens is 144 g/mol. The van der Waals surface area contributed by atoms with E-state index in [1.807, 2.05) is 0 Å². The monoisotopic (exact) mass is 166 g/mol. The Morgan fingerprint density at radius 1 is 0.667 bits per heavy atom. The Morgan fingerprint density at radius 3 is 1.50 bits per heavy atom. The average molecular weight is 166 g/mol. The molecule has 0 spiro atoms. The Balaban J connectivity index is 1.94. The quantitative estimate of drug-likeness (QED) is 0.512. The molecule has 0 amide bonds. The Morgan fingerprint density at radius 2 is 1.08 bits per heavy atom. The maximum atomic E-state index is 2.44. The maximum Gasteiger partial charge on any atom is -0.0383 e. The molecule has 0 nitrogen and oxygen atoms in total. The minimum atomic E-state index is 1.03. The molecule has 2 rings (SSSR count). The Kier molecular flexibility index (Phi) is 2.43. The predicted molar refractivity (Wildman–Crippen MR) is 53.0 cm³/mol. The van der Waals surface area contributed by atoms with E-state index in [9.17, 15) is 0 Å². The van der Waals surface area contributed by atoms with Crippen molar-refractivity contribution in [1.29, 1.82) is 0 Å². The van der Waals surface area contributed by atoms with Gasteiger partial charge in [0.05, 0.1) is 0 Å². The van der Waals surface area contributed by atoms with Gasteiger partial charge in [-0.15, -0.1) is 0 Å². The zero-order valence-corrected chi connectivity index (χ0v) is 8.55. The molecule has 2 fully saturated rings. The topological polar surface area (TPSA) is 0 Å². The van der Waals surface area contributed by atoms with Crippen LogP contribution >= 0.6 is 0 Å². The van der Waals surface area contributed by atoms with Crippen molar-refractivity contribution in [1.82, 2.24) is 0 Å². The van der Waals surface area contributed by atoms with E-state index in [4.69, 9.17) is 0 Å². The fraction of sp³-hybridized carbons (Fsp3) is 1.00. The van der Waals surface area contributed by atoms with Gasteiger partial charge in [0.2, 0.25) is 0 Å². The van der Waals surface area contributed by atoms with E-state index in [2.05, 4.69) is 13.8 Å². The largest absolute Gasteiger partial charge is 0.0625 e. The molecule has 0 aliphatic heterocycles. The third kappa shape index (κ3) is 1.67. The highest BCUT2D eigenvalue weighted by Crippen LogP contribution is 2.44. The van der Waals surface area contributed by atoms with E-state index in [1.54, 1.807) is 0 Å². The summed E-state index contributed by atoms with van der Waals surface area (Å²) in [5.74, 6) is 4.29. The minimum absolute atomic E-state index is 1.03. The van der Waals surface area contributed by atoms with Gasteiger partial charge in [0.25, 0.3) is 0 Å². The van der Waals surface area contributed by atoms with Gasteiger partial charge in [-0.1, -0.05) is 26.7 Å². The molecule has 0 saturated heterocycles. The minimum Gasteiger partial charge on any atom is -0.0625 e. The molecule has 0 aromatic rings.